The molecule has 1 N–H and O–H groups in total. The van der Waals surface area contributed by atoms with Crippen LogP contribution in [0.3, 0.4) is 0 Å². The van der Waals surface area contributed by atoms with Crippen molar-refractivity contribution in [3.8, 4) is 0 Å². The lowest BCUT2D eigenvalue weighted by molar-refractivity contribution is -0.0436. The summed E-state index contributed by atoms with van der Waals surface area (Å²) in [7, 11) is -3.43. The molecule has 0 saturated carbocycles. The molecule has 0 aromatic heterocycles. The lowest BCUT2D eigenvalue weighted by Crippen LogP contribution is -2.29. The van der Waals surface area contributed by atoms with E-state index in [1.165, 1.54) is 12.1 Å². The third kappa shape index (κ3) is 4.71. The smallest absolute Gasteiger partial charge is 0.317 e. The number of halogens is 3. The van der Waals surface area contributed by atoms with Gasteiger partial charge < -0.3 is 5.32 Å². The second kappa shape index (κ2) is 6.79. The van der Waals surface area contributed by atoms with Crippen LogP contribution in [0.5, 0.6) is 0 Å². The first-order chi connectivity index (χ1) is 9.57. The predicted octanol–water partition coefficient (Wildman–Crippen LogP) is 3.16. The molecule has 0 saturated heterocycles. The van der Waals surface area contributed by atoms with Crippen molar-refractivity contribution in [2.24, 2.45) is 5.92 Å². The minimum absolute atomic E-state index is 0.204. The highest BCUT2D eigenvalue weighted by Crippen LogP contribution is 2.30. The summed E-state index contributed by atoms with van der Waals surface area (Å²) in [4.78, 5) is -0.719. The molecule has 120 valence electrons. The predicted molar refractivity (Wildman–Crippen MR) is 75.7 cm³/mol. The van der Waals surface area contributed by atoms with Crippen LogP contribution in [-0.4, -0.2) is 27.0 Å². The number of sulfone groups is 1. The van der Waals surface area contributed by atoms with Gasteiger partial charge in [-0.05, 0) is 43.5 Å². The van der Waals surface area contributed by atoms with Gasteiger partial charge in [-0.3, -0.25) is 0 Å². The van der Waals surface area contributed by atoms with Crippen LogP contribution < -0.4 is 5.32 Å². The van der Waals surface area contributed by atoms with Gasteiger partial charge in [0.15, 0.2) is 0 Å². The van der Waals surface area contributed by atoms with Gasteiger partial charge in [0.05, 0.1) is 4.90 Å². The van der Waals surface area contributed by atoms with Crippen LogP contribution in [0, 0.1) is 5.92 Å². The van der Waals surface area contributed by atoms with E-state index in [1.54, 1.807) is 0 Å². The van der Waals surface area contributed by atoms with E-state index >= 15 is 0 Å². The molecule has 0 heterocycles. The van der Waals surface area contributed by atoms with E-state index in [9.17, 15) is 21.6 Å². The first-order valence-corrected chi connectivity index (χ1v) is 8.13. The summed E-state index contributed by atoms with van der Waals surface area (Å²) in [6, 6.07) is 5.10. The first kappa shape index (κ1) is 18.0. The third-order valence-corrected chi connectivity index (χ3v) is 4.69. The zero-order valence-electron chi connectivity index (χ0n) is 12.2. The Morgan fingerprint density at radius 1 is 1.14 bits per heavy atom. The van der Waals surface area contributed by atoms with Crippen LogP contribution in [0.1, 0.15) is 25.8 Å². The lowest BCUT2D eigenvalue weighted by Gasteiger charge is -2.18. The Balaban J connectivity index is 2.88. The number of benzene rings is 1. The molecule has 1 unspecified atom stereocenters. The SMILES string of the molecule is CNC(Cc1ccc(S(=O)(=O)C(F)(F)F)cc1)CC(C)C. The van der Waals surface area contributed by atoms with Crippen molar-refractivity contribution in [2.75, 3.05) is 7.05 Å². The van der Waals surface area contributed by atoms with Crippen molar-refractivity contribution in [3.05, 3.63) is 29.8 Å². The number of nitrogens with one attached hydrogen (secondary N) is 1. The Hall–Kier alpha value is -1.08. The Labute approximate surface area is 123 Å². The van der Waals surface area contributed by atoms with Crippen molar-refractivity contribution in [1.29, 1.82) is 0 Å². The molecule has 3 nitrogen and oxygen atoms in total. The zero-order chi connectivity index (χ0) is 16.3. The van der Waals surface area contributed by atoms with Crippen molar-refractivity contribution in [3.63, 3.8) is 0 Å². The highest BCUT2D eigenvalue weighted by atomic mass is 32.2. The van der Waals surface area contributed by atoms with E-state index in [0.717, 1.165) is 24.1 Å². The first-order valence-electron chi connectivity index (χ1n) is 6.65. The largest absolute Gasteiger partial charge is 0.501 e. The highest BCUT2D eigenvalue weighted by Gasteiger charge is 2.46. The number of alkyl halides is 3. The van der Waals surface area contributed by atoms with Gasteiger partial charge in [-0.25, -0.2) is 8.42 Å². The van der Waals surface area contributed by atoms with Gasteiger partial charge in [-0.15, -0.1) is 0 Å². The maximum atomic E-state index is 12.4. The average Bonchev–Trinajstić information content (AvgIpc) is 2.36. The van der Waals surface area contributed by atoms with Gasteiger partial charge in [0, 0.05) is 6.04 Å². The number of hydrogen-bond donors (Lipinski definition) is 1. The lowest BCUT2D eigenvalue weighted by atomic mass is 9.97. The summed E-state index contributed by atoms with van der Waals surface area (Å²) in [6.45, 7) is 4.17. The topological polar surface area (TPSA) is 46.2 Å². The molecule has 0 aliphatic heterocycles. The standard InChI is InChI=1S/C14H20F3NO2S/c1-10(2)8-12(18-3)9-11-4-6-13(7-5-11)21(19,20)14(15,16)17/h4-7,10,12,18H,8-9H2,1-3H3. The molecule has 21 heavy (non-hydrogen) atoms. The quantitative estimate of drug-likeness (QED) is 0.875. The Bertz CT molecular complexity index is 551. The van der Waals surface area contributed by atoms with Gasteiger partial charge in [-0.1, -0.05) is 26.0 Å². The van der Waals surface area contributed by atoms with E-state index < -0.39 is 20.2 Å². The van der Waals surface area contributed by atoms with Gasteiger partial charge in [0.25, 0.3) is 9.84 Å². The monoisotopic (exact) mass is 323 g/mol. The summed E-state index contributed by atoms with van der Waals surface area (Å²) in [5.41, 5.74) is -4.46. The molecule has 0 radical (unpaired) electrons. The minimum Gasteiger partial charge on any atom is -0.317 e. The molecule has 1 atom stereocenters. The van der Waals surface area contributed by atoms with Crippen LogP contribution >= 0.6 is 0 Å². The highest BCUT2D eigenvalue weighted by molar-refractivity contribution is 7.92. The van der Waals surface area contributed by atoms with Gasteiger partial charge in [0.2, 0.25) is 0 Å². The molecule has 0 fully saturated rings. The number of likely N-dealkylation sites (N-methyl/N-ethyl adjacent to an activating group) is 1. The average molecular weight is 323 g/mol. The summed E-state index contributed by atoms with van der Waals surface area (Å²) in [5.74, 6) is 0.493. The van der Waals surface area contributed by atoms with Crippen LogP contribution in [0.25, 0.3) is 0 Å². The van der Waals surface area contributed by atoms with Crippen molar-refractivity contribution < 1.29 is 21.6 Å². The van der Waals surface area contributed by atoms with Gasteiger partial charge in [-0.2, -0.15) is 13.2 Å². The van der Waals surface area contributed by atoms with E-state index in [0.29, 0.717) is 12.3 Å². The molecule has 0 bridgehead atoms. The van der Waals surface area contributed by atoms with E-state index in [-0.39, 0.29) is 6.04 Å². The fraction of sp³-hybridized carbons (Fsp3) is 0.571. The van der Waals surface area contributed by atoms with Crippen LogP contribution in [0.2, 0.25) is 0 Å². The number of hydrogen-bond acceptors (Lipinski definition) is 3. The van der Waals surface area contributed by atoms with Crippen LogP contribution in [0.15, 0.2) is 29.2 Å². The molecule has 7 heteroatoms. The zero-order valence-corrected chi connectivity index (χ0v) is 13.1. The van der Waals surface area contributed by atoms with Crippen molar-refractivity contribution >= 4 is 9.84 Å². The van der Waals surface area contributed by atoms with Gasteiger partial charge in [0.1, 0.15) is 0 Å². The second-order valence-electron chi connectivity index (χ2n) is 5.41. The molecule has 0 aliphatic rings. The molecule has 0 amide bonds. The summed E-state index contributed by atoms with van der Waals surface area (Å²) in [6.07, 6.45) is 1.57. The summed E-state index contributed by atoms with van der Waals surface area (Å²) in [5, 5.41) is 3.15. The van der Waals surface area contributed by atoms with E-state index in [2.05, 4.69) is 19.2 Å². The van der Waals surface area contributed by atoms with Crippen molar-refractivity contribution in [2.45, 2.75) is 43.1 Å². The van der Waals surface area contributed by atoms with E-state index in [1.807, 2.05) is 7.05 Å². The Morgan fingerprint density at radius 2 is 1.67 bits per heavy atom. The maximum absolute atomic E-state index is 12.4. The maximum Gasteiger partial charge on any atom is 0.501 e. The van der Waals surface area contributed by atoms with Crippen molar-refractivity contribution in [1.82, 2.24) is 5.32 Å². The molecule has 1 aromatic carbocycles. The minimum atomic E-state index is -5.26. The fourth-order valence-electron chi connectivity index (χ4n) is 2.10. The Kier molecular flexibility index (Phi) is 5.81. The molecule has 1 rings (SSSR count). The fourth-order valence-corrected chi connectivity index (χ4v) is 2.86. The van der Waals surface area contributed by atoms with E-state index in [4.69, 9.17) is 0 Å². The Morgan fingerprint density at radius 3 is 2.05 bits per heavy atom. The van der Waals surface area contributed by atoms with Gasteiger partial charge >= 0.3 is 5.51 Å². The molecule has 1 aromatic rings. The number of rotatable bonds is 6. The van der Waals surface area contributed by atoms with Crippen LogP contribution in [0.4, 0.5) is 13.2 Å². The second-order valence-corrected chi connectivity index (χ2v) is 7.35. The van der Waals surface area contributed by atoms with Crippen LogP contribution in [-0.2, 0) is 16.3 Å². The molecule has 0 aliphatic carbocycles. The molecular weight excluding hydrogens is 303 g/mol. The third-order valence-electron chi connectivity index (χ3n) is 3.18. The molecule has 0 spiro atoms. The normalized spacial score (nSPS) is 14.4. The molecular formula is C14H20F3NO2S. The summed E-state index contributed by atoms with van der Waals surface area (Å²) >= 11 is 0. The summed E-state index contributed by atoms with van der Waals surface area (Å²) < 4.78 is 59.8.